The lowest BCUT2D eigenvalue weighted by molar-refractivity contribution is -0.138. The molecular weight excluding hydrogens is 195 g/mol. The summed E-state index contributed by atoms with van der Waals surface area (Å²) in [6.07, 6.45) is -4.54. The van der Waals surface area contributed by atoms with E-state index in [2.05, 4.69) is 10.3 Å². The van der Waals surface area contributed by atoms with Gasteiger partial charge in [0, 0.05) is 7.05 Å². The van der Waals surface area contributed by atoms with Gasteiger partial charge in [-0.1, -0.05) is 0 Å². The van der Waals surface area contributed by atoms with E-state index in [1.165, 1.54) is 19.2 Å². The van der Waals surface area contributed by atoms with Gasteiger partial charge in [0.1, 0.15) is 11.9 Å². The van der Waals surface area contributed by atoms with Gasteiger partial charge in [0.2, 0.25) is 0 Å². The van der Waals surface area contributed by atoms with Gasteiger partial charge >= 0.3 is 6.18 Å². The van der Waals surface area contributed by atoms with Crippen LogP contribution >= 0.6 is 0 Å². The number of nitriles is 1. The molecule has 0 bridgehead atoms. The van der Waals surface area contributed by atoms with Crippen LogP contribution in [0.3, 0.4) is 0 Å². The highest BCUT2D eigenvalue weighted by Gasteiger charge is 2.34. The minimum atomic E-state index is -4.54. The Morgan fingerprint density at radius 3 is 2.50 bits per heavy atom. The second-order valence-electron chi connectivity index (χ2n) is 2.45. The summed E-state index contributed by atoms with van der Waals surface area (Å²) in [5, 5.41) is 11.0. The summed E-state index contributed by atoms with van der Waals surface area (Å²) in [5.74, 6) is 0.231. The molecular formula is C8H6F3N3. The van der Waals surface area contributed by atoms with E-state index >= 15 is 0 Å². The standard InChI is InChI=1S/C8H6F3N3/c1-13-7-3-2-5(8(9,10)11)6(4-12)14-7/h2-3H,1H3,(H,13,14). The van der Waals surface area contributed by atoms with Crippen LogP contribution in [0.2, 0.25) is 0 Å². The zero-order valence-corrected chi connectivity index (χ0v) is 7.18. The molecule has 6 heteroatoms. The summed E-state index contributed by atoms with van der Waals surface area (Å²) < 4.78 is 36.8. The topological polar surface area (TPSA) is 48.7 Å². The highest BCUT2D eigenvalue weighted by Crippen LogP contribution is 2.31. The lowest BCUT2D eigenvalue weighted by atomic mass is 10.2. The molecule has 14 heavy (non-hydrogen) atoms. The van der Waals surface area contributed by atoms with Gasteiger partial charge in [-0.25, -0.2) is 4.98 Å². The number of nitrogens with zero attached hydrogens (tertiary/aromatic N) is 2. The van der Waals surface area contributed by atoms with Crippen molar-refractivity contribution < 1.29 is 13.2 Å². The van der Waals surface area contributed by atoms with Crippen molar-refractivity contribution in [2.45, 2.75) is 6.18 Å². The van der Waals surface area contributed by atoms with Gasteiger partial charge in [0.05, 0.1) is 5.56 Å². The molecule has 74 valence electrons. The molecule has 0 fully saturated rings. The Labute approximate surface area is 78.2 Å². The number of anilines is 1. The van der Waals surface area contributed by atoms with Crippen LogP contribution in [-0.4, -0.2) is 12.0 Å². The number of aromatic nitrogens is 1. The number of pyridine rings is 1. The molecule has 1 rings (SSSR count). The largest absolute Gasteiger partial charge is 0.419 e. The van der Waals surface area contributed by atoms with E-state index in [1.54, 1.807) is 0 Å². The van der Waals surface area contributed by atoms with Crippen molar-refractivity contribution >= 4 is 5.82 Å². The van der Waals surface area contributed by atoms with E-state index in [9.17, 15) is 13.2 Å². The van der Waals surface area contributed by atoms with E-state index in [0.717, 1.165) is 6.07 Å². The number of alkyl halides is 3. The van der Waals surface area contributed by atoms with Gasteiger partial charge in [0.25, 0.3) is 0 Å². The van der Waals surface area contributed by atoms with Gasteiger partial charge in [-0.3, -0.25) is 0 Å². The third-order valence-corrected chi connectivity index (χ3v) is 1.56. The Hall–Kier alpha value is -1.77. The Bertz CT molecular complexity index is 378. The predicted octanol–water partition coefficient (Wildman–Crippen LogP) is 2.01. The zero-order chi connectivity index (χ0) is 10.8. The molecule has 0 unspecified atom stereocenters. The number of nitrogens with one attached hydrogen (secondary N) is 1. The minimum absolute atomic E-state index is 0.231. The van der Waals surface area contributed by atoms with Gasteiger partial charge in [-0.05, 0) is 12.1 Å². The fraction of sp³-hybridized carbons (Fsp3) is 0.250. The molecule has 0 aliphatic rings. The van der Waals surface area contributed by atoms with E-state index in [1.807, 2.05) is 0 Å². The van der Waals surface area contributed by atoms with Crippen LogP contribution in [0, 0.1) is 11.3 Å². The zero-order valence-electron chi connectivity index (χ0n) is 7.18. The number of rotatable bonds is 1. The van der Waals surface area contributed by atoms with Crippen LogP contribution in [-0.2, 0) is 6.18 Å². The molecule has 0 saturated heterocycles. The molecule has 1 aromatic rings. The van der Waals surface area contributed by atoms with Crippen molar-refractivity contribution in [3.05, 3.63) is 23.4 Å². The summed E-state index contributed by atoms with van der Waals surface area (Å²) in [6, 6.07) is 3.41. The minimum Gasteiger partial charge on any atom is -0.373 e. The number of hydrogen-bond acceptors (Lipinski definition) is 3. The molecule has 0 atom stereocenters. The smallest absolute Gasteiger partial charge is 0.373 e. The highest BCUT2D eigenvalue weighted by atomic mass is 19.4. The van der Waals surface area contributed by atoms with Gasteiger partial charge in [0.15, 0.2) is 5.69 Å². The summed E-state index contributed by atoms with van der Waals surface area (Å²) in [6.45, 7) is 0. The van der Waals surface area contributed by atoms with Crippen molar-refractivity contribution in [1.29, 1.82) is 5.26 Å². The van der Waals surface area contributed by atoms with Crippen molar-refractivity contribution in [3.8, 4) is 6.07 Å². The third kappa shape index (κ3) is 1.93. The van der Waals surface area contributed by atoms with Gasteiger partial charge in [-0.2, -0.15) is 18.4 Å². The first-order valence-electron chi connectivity index (χ1n) is 3.65. The molecule has 0 amide bonds. The first-order chi connectivity index (χ1) is 6.49. The lowest BCUT2D eigenvalue weighted by Gasteiger charge is -2.08. The predicted molar refractivity (Wildman–Crippen MR) is 43.5 cm³/mol. The van der Waals surface area contributed by atoms with Gasteiger partial charge < -0.3 is 5.32 Å². The summed E-state index contributed by atoms with van der Waals surface area (Å²) in [4.78, 5) is 3.48. The van der Waals surface area contributed by atoms with E-state index in [-0.39, 0.29) is 5.82 Å². The molecule has 1 N–H and O–H groups in total. The fourth-order valence-corrected chi connectivity index (χ4v) is 0.912. The first kappa shape index (κ1) is 10.3. The van der Waals surface area contributed by atoms with Gasteiger partial charge in [-0.15, -0.1) is 0 Å². The molecule has 0 saturated carbocycles. The molecule has 0 radical (unpaired) electrons. The molecule has 0 aliphatic heterocycles. The molecule has 1 heterocycles. The molecule has 0 spiro atoms. The van der Waals surface area contributed by atoms with Crippen molar-refractivity contribution in [2.75, 3.05) is 12.4 Å². The SMILES string of the molecule is CNc1ccc(C(F)(F)F)c(C#N)n1. The Kier molecular flexibility index (Phi) is 2.60. The highest BCUT2D eigenvalue weighted by molar-refractivity contribution is 5.43. The molecule has 0 aromatic carbocycles. The lowest BCUT2D eigenvalue weighted by Crippen LogP contribution is -2.10. The number of halogens is 3. The second-order valence-corrected chi connectivity index (χ2v) is 2.45. The maximum atomic E-state index is 12.3. The average molecular weight is 201 g/mol. The van der Waals surface area contributed by atoms with E-state index in [0.29, 0.717) is 0 Å². The number of hydrogen-bond donors (Lipinski definition) is 1. The van der Waals surface area contributed by atoms with E-state index in [4.69, 9.17) is 5.26 Å². The van der Waals surface area contributed by atoms with Crippen LogP contribution in [0.1, 0.15) is 11.3 Å². The second kappa shape index (κ2) is 3.54. The Morgan fingerprint density at radius 1 is 1.43 bits per heavy atom. The van der Waals surface area contributed by atoms with Crippen LogP contribution < -0.4 is 5.32 Å². The Balaban J connectivity index is 3.28. The molecule has 3 nitrogen and oxygen atoms in total. The summed E-state index contributed by atoms with van der Waals surface area (Å²) in [7, 11) is 1.51. The molecule has 1 aromatic heterocycles. The average Bonchev–Trinajstić information content (AvgIpc) is 2.15. The summed E-state index contributed by atoms with van der Waals surface area (Å²) in [5.41, 5.74) is -1.64. The van der Waals surface area contributed by atoms with Crippen molar-refractivity contribution in [1.82, 2.24) is 4.98 Å². The fourth-order valence-electron chi connectivity index (χ4n) is 0.912. The maximum Gasteiger partial charge on any atom is 0.419 e. The van der Waals surface area contributed by atoms with Crippen LogP contribution in [0.5, 0.6) is 0 Å². The normalized spacial score (nSPS) is 10.8. The Morgan fingerprint density at radius 2 is 2.07 bits per heavy atom. The maximum absolute atomic E-state index is 12.3. The van der Waals surface area contributed by atoms with E-state index < -0.39 is 17.4 Å². The van der Waals surface area contributed by atoms with Crippen molar-refractivity contribution in [2.24, 2.45) is 0 Å². The quantitative estimate of drug-likeness (QED) is 0.756. The monoisotopic (exact) mass is 201 g/mol. The first-order valence-corrected chi connectivity index (χ1v) is 3.65. The molecule has 0 aliphatic carbocycles. The van der Waals surface area contributed by atoms with Crippen LogP contribution in [0.4, 0.5) is 19.0 Å². The summed E-state index contributed by atoms with van der Waals surface area (Å²) >= 11 is 0. The van der Waals surface area contributed by atoms with Crippen molar-refractivity contribution in [3.63, 3.8) is 0 Å². The van der Waals surface area contributed by atoms with Crippen LogP contribution in [0.25, 0.3) is 0 Å². The van der Waals surface area contributed by atoms with Crippen LogP contribution in [0.15, 0.2) is 12.1 Å². The third-order valence-electron chi connectivity index (χ3n) is 1.56.